The van der Waals surface area contributed by atoms with Gasteiger partial charge in [-0.15, -0.1) is 0 Å². The molecule has 1 amide bonds. The van der Waals surface area contributed by atoms with Crippen molar-refractivity contribution in [1.29, 1.82) is 0 Å². The Hall–Kier alpha value is -1.79. The van der Waals surface area contributed by atoms with Gasteiger partial charge in [-0.25, -0.2) is 0 Å². The van der Waals surface area contributed by atoms with Crippen LogP contribution in [0.1, 0.15) is 0 Å². The predicted octanol–water partition coefficient (Wildman–Crippen LogP) is 0.418. The number of amides is 1. The number of benzene rings is 1. The molecule has 102 valence electrons. The van der Waals surface area contributed by atoms with Gasteiger partial charge < -0.3 is 25.4 Å². The van der Waals surface area contributed by atoms with Crippen molar-refractivity contribution in [1.82, 2.24) is 5.32 Å². The van der Waals surface area contributed by atoms with E-state index in [0.29, 0.717) is 17.5 Å². The summed E-state index contributed by atoms with van der Waals surface area (Å²) in [6.07, 6.45) is 0. The van der Waals surface area contributed by atoms with Crippen molar-refractivity contribution >= 4 is 17.3 Å². The minimum atomic E-state index is -0.119. The van der Waals surface area contributed by atoms with Gasteiger partial charge in [0.1, 0.15) is 5.75 Å². The van der Waals surface area contributed by atoms with E-state index >= 15 is 0 Å². The number of rotatable bonds is 3. The van der Waals surface area contributed by atoms with E-state index in [0.717, 1.165) is 32.0 Å². The smallest absolute Gasteiger partial charge is 0.262 e. The van der Waals surface area contributed by atoms with Gasteiger partial charge in [-0.2, -0.15) is 0 Å². The summed E-state index contributed by atoms with van der Waals surface area (Å²) in [7, 11) is 0. The molecular weight excluding hydrogens is 246 g/mol. The zero-order chi connectivity index (χ0) is 13.1. The quantitative estimate of drug-likeness (QED) is 0.737. The van der Waals surface area contributed by atoms with E-state index in [1.165, 1.54) is 0 Å². The lowest BCUT2D eigenvalue weighted by atomic mass is 10.2. The first-order valence-corrected chi connectivity index (χ1v) is 6.43. The SMILES string of the molecule is O=C1COc2ccc(NCC3COCCN3)cc2N1. The zero-order valence-electron chi connectivity index (χ0n) is 10.6. The van der Waals surface area contributed by atoms with E-state index in [2.05, 4.69) is 16.0 Å². The maximum Gasteiger partial charge on any atom is 0.262 e. The largest absolute Gasteiger partial charge is 0.482 e. The molecule has 1 aromatic rings. The van der Waals surface area contributed by atoms with Crippen molar-refractivity contribution in [3.63, 3.8) is 0 Å². The highest BCUT2D eigenvalue weighted by atomic mass is 16.5. The van der Waals surface area contributed by atoms with Crippen LogP contribution in [0, 0.1) is 0 Å². The number of hydrogen-bond acceptors (Lipinski definition) is 5. The molecule has 6 nitrogen and oxygen atoms in total. The monoisotopic (exact) mass is 263 g/mol. The molecule has 0 aliphatic carbocycles. The fourth-order valence-corrected chi connectivity index (χ4v) is 2.18. The van der Waals surface area contributed by atoms with Gasteiger partial charge in [-0.1, -0.05) is 0 Å². The van der Waals surface area contributed by atoms with Crippen LogP contribution in [0.5, 0.6) is 5.75 Å². The third kappa shape index (κ3) is 2.97. The number of hydrogen-bond donors (Lipinski definition) is 3. The van der Waals surface area contributed by atoms with Crippen molar-refractivity contribution in [2.75, 3.05) is 43.5 Å². The summed E-state index contributed by atoms with van der Waals surface area (Å²) in [6.45, 7) is 3.26. The lowest BCUT2D eigenvalue weighted by Gasteiger charge is -2.25. The molecule has 0 spiro atoms. The van der Waals surface area contributed by atoms with Crippen LogP contribution in [-0.4, -0.2) is 44.9 Å². The molecule has 2 aliphatic heterocycles. The second kappa shape index (κ2) is 5.46. The van der Waals surface area contributed by atoms with Gasteiger partial charge in [-0.05, 0) is 18.2 Å². The van der Waals surface area contributed by atoms with Crippen LogP contribution >= 0.6 is 0 Å². The highest BCUT2D eigenvalue weighted by Gasteiger charge is 2.16. The second-order valence-corrected chi connectivity index (χ2v) is 4.65. The van der Waals surface area contributed by atoms with Gasteiger partial charge >= 0.3 is 0 Å². The molecule has 2 heterocycles. The molecule has 6 heteroatoms. The standard InChI is InChI=1S/C13H17N3O3/c17-13-8-19-12-2-1-9(5-11(12)16-13)15-6-10-7-18-4-3-14-10/h1-2,5,10,14-15H,3-4,6-8H2,(H,16,17). The minimum absolute atomic E-state index is 0.0864. The molecule has 0 saturated carbocycles. The van der Waals surface area contributed by atoms with Crippen molar-refractivity contribution in [2.24, 2.45) is 0 Å². The Bertz CT molecular complexity index is 472. The first kappa shape index (κ1) is 12.3. The van der Waals surface area contributed by atoms with Gasteiger partial charge in [0, 0.05) is 24.8 Å². The van der Waals surface area contributed by atoms with Crippen LogP contribution in [-0.2, 0) is 9.53 Å². The van der Waals surface area contributed by atoms with Gasteiger partial charge in [0.25, 0.3) is 5.91 Å². The minimum Gasteiger partial charge on any atom is -0.482 e. The molecule has 1 aromatic carbocycles. The fourth-order valence-electron chi connectivity index (χ4n) is 2.18. The summed E-state index contributed by atoms with van der Waals surface area (Å²) in [6, 6.07) is 6.01. The maximum atomic E-state index is 11.3. The summed E-state index contributed by atoms with van der Waals surface area (Å²) < 4.78 is 10.7. The molecule has 1 saturated heterocycles. The predicted molar refractivity (Wildman–Crippen MR) is 71.7 cm³/mol. The number of nitrogens with one attached hydrogen (secondary N) is 3. The number of carbonyl (C=O) groups is 1. The van der Waals surface area contributed by atoms with E-state index in [-0.39, 0.29) is 12.5 Å². The van der Waals surface area contributed by atoms with Crippen molar-refractivity contribution in [3.8, 4) is 5.75 Å². The molecular formula is C13H17N3O3. The molecule has 1 atom stereocenters. The molecule has 3 N–H and O–H groups in total. The van der Waals surface area contributed by atoms with Crippen LogP contribution in [0.25, 0.3) is 0 Å². The van der Waals surface area contributed by atoms with Crippen LogP contribution in [0.2, 0.25) is 0 Å². The Morgan fingerprint density at radius 1 is 1.42 bits per heavy atom. The Morgan fingerprint density at radius 3 is 3.21 bits per heavy atom. The van der Waals surface area contributed by atoms with E-state index < -0.39 is 0 Å². The lowest BCUT2D eigenvalue weighted by Crippen LogP contribution is -2.45. The van der Waals surface area contributed by atoms with E-state index in [4.69, 9.17) is 9.47 Å². The second-order valence-electron chi connectivity index (χ2n) is 4.65. The molecule has 2 aliphatic rings. The Kier molecular flexibility index (Phi) is 3.52. The van der Waals surface area contributed by atoms with Crippen LogP contribution in [0.15, 0.2) is 18.2 Å². The molecule has 0 bridgehead atoms. The molecule has 0 radical (unpaired) electrons. The number of morpholine rings is 1. The summed E-state index contributed by atoms with van der Waals surface area (Å²) in [4.78, 5) is 11.3. The third-order valence-corrected chi connectivity index (χ3v) is 3.16. The average molecular weight is 263 g/mol. The van der Waals surface area contributed by atoms with Gasteiger partial charge in [0.05, 0.1) is 18.9 Å². The van der Waals surface area contributed by atoms with Crippen LogP contribution in [0.3, 0.4) is 0 Å². The molecule has 1 unspecified atom stereocenters. The number of anilines is 2. The Morgan fingerprint density at radius 2 is 2.37 bits per heavy atom. The van der Waals surface area contributed by atoms with Crippen molar-refractivity contribution < 1.29 is 14.3 Å². The van der Waals surface area contributed by atoms with Crippen molar-refractivity contribution in [2.45, 2.75) is 6.04 Å². The third-order valence-electron chi connectivity index (χ3n) is 3.16. The number of carbonyl (C=O) groups excluding carboxylic acids is 1. The fraction of sp³-hybridized carbons (Fsp3) is 0.462. The highest BCUT2D eigenvalue weighted by molar-refractivity contribution is 5.96. The number of ether oxygens (including phenoxy) is 2. The summed E-state index contributed by atoms with van der Waals surface area (Å²) in [5.41, 5.74) is 1.67. The van der Waals surface area contributed by atoms with Gasteiger partial charge in [0.2, 0.25) is 0 Å². The molecule has 1 fully saturated rings. The van der Waals surface area contributed by atoms with Crippen LogP contribution in [0.4, 0.5) is 11.4 Å². The van der Waals surface area contributed by atoms with Gasteiger partial charge in [-0.3, -0.25) is 4.79 Å². The highest BCUT2D eigenvalue weighted by Crippen LogP contribution is 2.30. The Balaban J connectivity index is 1.61. The first-order valence-electron chi connectivity index (χ1n) is 6.43. The maximum absolute atomic E-state index is 11.3. The van der Waals surface area contributed by atoms with E-state index in [1.807, 2.05) is 18.2 Å². The van der Waals surface area contributed by atoms with E-state index in [9.17, 15) is 4.79 Å². The number of fused-ring (bicyclic) bond motifs is 1. The Labute approximate surface area is 111 Å². The summed E-state index contributed by atoms with van der Waals surface area (Å²) in [5.74, 6) is 0.594. The summed E-state index contributed by atoms with van der Waals surface area (Å²) in [5, 5.41) is 9.50. The normalized spacial score (nSPS) is 22.1. The zero-order valence-corrected chi connectivity index (χ0v) is 10.6. The van der Waals surface area contributed by atoms with Crippen LogP contribution < -0.4 is 20.7 Å². The van der Waals surface area contributed by atoms with E-state index in [1.54, 1.807) is 0 Å². The summed E-state index contributed by atoms with van der Waals surface area (Å²) >= 11 is 0. The average Bonchev–Trinajstić information content (AvgIpc) is 2.46. The molecule has 19 heavy (non-hydrogen) atoms. The van der Waals surface area contributed by atoms with Crippen molar-refractivity contribution in [3.05, 3.63) is 18.2 Å². The molecule has 3 rings (SSSR count). The topological polar surface area (TPSA) is 71.6 Å². The first-order chi connectivity index (χ1) is 9.31. The lowest BCUT2D eigenvalue weighted by molar-refractivity contribution is -0.118. The molecule has 0 aromatic heterocycles. The van der Waals surface area contributed by atoms with Gasteiger partial charge in [0.15, 0.2) is 6.61 Å².